The highest BCUT2D eigenvalue weighted by Gasteiger charge is 1.92. The molecule has 0 amide bonds. The SMILES string of the molecule is C[C](C)n1ccnc1. The molecule has 43 valence electrons. The minimum absolute atomic E-state index is 1.24. The van der Waals surface area contributed by atoms with Gasteiger partial charge in [0.2, 0.25) is 0 Å². The van der Waals surface area contributed by atoms with Crippen LogP contribution < -0.4 is 0 Å². The van der Waals surface area contributed by atoms with Crippen molar-refractivity contribution >= 4 is 0 Å². The van der Waals surface area contributed by atoms with Gasteiger partial charge in [-0.25, -0.2) is 4.98 Å². The van der Waals surface area contributed by atoms with E-state index in [1.54, 1.807) is 12.5 Å². The Bertz CT molecular complexity index is 142. The van der Waals surface area contributed by atoms with Gasteiger partial charge in [-0.2, -0.15) is 0 Å². The smallest absolute Gasteiger partial charge is 0.0951 e. The second kappa shape index (κ2) is 1.99. The molecule has 0 fully saturated rings. The summed E-state index contributed by atoms with van der Waals surface area (Å²) in [7, 11) is 0. The fraction of sp³-hybridized carbons (Fsp3) is 0.333. The van der Waals surface area contributed by atoms with Crippen molar-refractivity contribution < 1.29 is 0 Å². The molecule has 2 heteroatoms. The third kappa shape index (κ3) is 0.886. The highest BCUT2D eigenvalue weighted by molar-refractivity contribution is 4.88. The predicted molar refractivity (Wildman–Crippen MR) is 32.2 cm³/mol. The summed E-state index contributed by atoms with van der Waals surface area (Å²) in [6.45, 7) is 4.09. The maximum absolute atomic E-state index is 3.89. The van der Waals surface area contributed by atoms with Gasteiger partial charge >= 0.3 is 0 Å². The fourth-order valence-electron chi connectivity index (χ4n) is 0.524. The van der Waals surface area contributed by atoms with Gasteiger partial charge in [-0.1, -0.05) is 0 Å². The first-order valence-corrected chi connectivity index (χ1v) is 2.59. The molecule has 1 aromatic heterocycles. The van der Waals surface area contributed by atoms with E-state index in [1.807, 2.05) is 24.6 Å². The fourth-order valence-corrected chi connectivity index (χ4v) is 0.524. The lowest BCUT2D eigenvalue weighted by molar-refractivity contribution is 0.813. The highest BCUT2D eigenvalue weighted by atomic mass is 15.0. The molecule has 1 radical (unpaired) electrons. The maximum Gasteiger partial charge on any atom is 0.0951 e. The summed E-state index contributed by atoms with van der Waals surface area (Å²) in [5.41, 5.74) is 0. The van der Waals surface area contributed by atoms with Crippen molar-refractivity contribution in [2.75, 3.05) is 0 Å². The largest absolute Gasteiger partial charge is 0.330 e. The Labute approximate surface area is 49.2 Å². The van der Waals surface area contributed by atoms with Gasteiger partial charge in [-0.3, -0.25) is 0 Å². The third-order valence-electron chi connectivity index (χ3n) is 1.02. The van der Waals surface area contributed by atoms with Crippen LogP contribution in [0.4, 0.5) is 0 Å². The Morgan fingerprint density at radius 2 is 2.25 bits per heavy atom. The summed E-state index contributed by atoms with van der Waals surface area (Å²) in [6.07, 6.45) is 5.48. The Morgan fingerprint density at radius 1 is 1.50 bits per heavy atom. The van der Waals surface area contributed by atoms with Crippen LogP contribution in [-0.4, -0.2) is 9.55 Å². The van der Waals surface area contributed by atoms with Crippen LogP contribution in [0, 0.1) is 6.04 Å². The zero-order valence-corrected chi connectivity index (χ0v) is 5.13. The average Bonchev–Trinajstić information content (AvgIpc) is 2.12. The van der Waals surface area contributed by atoms with Gasteiger partial charge in [0.1, 0.15) is 0 Å². The van der Waals surface area contributed by atoms with E-state index >= 15 is 0 Å². The van der Waals surface area contributed by atoms with Crippen LogP contribution >= 0.6 is 0 Å². The number of imidazole rings is 1. The van der Waals surface area contributed by atoms with E-state index in [0.717, 1.165) is 0 Å². The van der Waals surface area contributed by atoms with Crippen LogP contribution in [0.1, 0.15) is 13.8 Å². The minimum Gasteiger partial charge on any atom is -0.330 e. The summed E-state index contributed by atoms with van der Waals surface area (Å²) < 4.78 is 1.97. The Balaban J connectivity index is 2.77. The van der Waals surface area contributed by atoms with E-state index in [0.29, 0.717) is 0 Å². The first kappa shape index (κ1) is 5.35. The van der Waals surface area contributed by atoms with E-state index in [-0.39, 0.29) is 0 Å². The Morgan fingerprint density at radius 3 is 2.50 bits per heavy atom. The lowest BCUT2D eigenvalue weighted by Crippen LogP contribution is -1.96. The summed E-state index contributed by atoms with van der Waals surface area (Å²) in [4.78, 5) is 3.89. The zero-order chi connectivity index (χ0) is 5.98. The van der Waals surface area contributed by atoms with Crippen molar-refractivity contribution in [1.29, 1.82) is 0 Å². The van der Waals surface area contributed by atoms with Crippen LogP contribution in [0.25, 0.3) is 0 Å². The van der Waals surface area contributed by atoms with Gasteiger partial charge in [0.15, 0.2) is 0 Å². The molecule has 1 rings (SSSR count). The lowest BCUT2D eigenvalue weighted by atomic mass is 10.4. The second-order valence-electron chi connectivity index (χ2n) is 1.92. The number of nitrogens with zero attached hydrogens (tertiary/aromatic N) is 2. The number of hydrogen-bond donors (Lipinski definition) is 0. The first-order chi connectivity index (χ1) is 3.80. The van der Waals surface area contributed by atoms with Crippen LogP contribution in [0.2, 0.25) is 0 Å². The molecular weight excluding hydrogens is 100 g/mol. The standard InChI is InChI=1S/C6H9N2/c1-6(2)8-4-3-7-5-8/h3-5H,1-2H3. The Kier molecular flexibility index (Phi) is 1.33. The molecule has 0 N–H and O–H groups in total. The minimum atomic E-state index is 1.24. The molecule has 1 heterocycles. The molecule has 0 aliphatic rings. The molecule has 8 heavy (non-hydrogen) atoms. The number of hydrogen-bond acceptors (Lipinski definition) is 1. The summed E-state index contributed by atoms with van der Waals surface area (Å²) in [5.74, 6) is 0. The predicted octanol–water partition coefficient (Wildman–Crippen LogP) is 1.30. The first-order valence-electron chi connectivity index (χ1n) is 2.59. The molecule has 0 saturated carbocycles. The van der Waals surface area contributed by atoms with Gasteiger partial charge in [-0.15, -0.1) is 0 Å². The monoisotopic (exact) mass is 109 g/mol. The molecule has 0 atom stereocenters. The molecule has 0 unspecified atom stereocenters. The van der Waals surface area contributed by atoms with Gasteiger partial charge in [-0.05, 0) is 13.8 Å². The van der Waals surface area contributed by atoms with E-state index < -0.39 is 0 Å². The van der Waals surface area contributed by atoms with E-state index in [4.69, 9.17) is 0 Å². The van der Waals surface area contributed by atoms with E-state index in [9.17, 15) is 0 Å². The topological polar surface area (TPSA) is 17.8 Å². The quantitative estimate of drug-likeness (QED) is 0.531. The molecule has 1 aromatic rings. The summed E-state index contributed by atoms with van der Waals surface area (Å²) in [6, 6.07) is 1.24. The van der Waals surface area contributed by atoms with Gasteiger partial charge in [0.25, 0.3) is 0 Å². The molecule has 0 bridgehead atoms. The molecule has 2 nitrogen and oxygen atoms in total. The molecule has 0 aliphatic carbocycles. The van der Waals surface area contributed by atoms with Crippen molar-refractivity contribution in [3.63, 3.8) is 0 Å². The van der Waals surface area contributed by atoms with Crippen LogP contribution in [0.5, 0.6) is 0 Å². The van der Waals surface area contributed by atoms with Crippen molar-refractivity contribution in [1.82, 2.24) is 9.55 Å². The van der Waals surface area contributed by atoms with Crippen molar-refractivity contribution in [2.24, 2.45) is 0 Å². The van der Waals surface area contributed by atoms with Crippen molar-refractivity contribution in [3.05, 3.63) is 24.8 Å². The molecular formula is C6H9N2. The van der Waals surface area contributed by atoms with Crippen LogP contribution in [0.15, 0.2) is 18.7 Å². The van der Waals surface area contributed by atoms with Crippen LogP contribution in [-0.2, 0) is 0 Å². The van der Waals surface area contributed by atoms with Gasteiger partial charge in [0.05, 0.1) is 12.4 Å². The lowest BCUT2D eigenvalue weighted by Gasteiger charge is -2.01. The Hall–Kier alpha value is -0.790. The number of rotatable bonds is 1. The van der Waals surface area contributed by atoms with Gasteiger partial charge < -0.3 is 4.57 Å². The molecule has 0 spiro atoms. The van der Waals surface area contributed by atoms with Crippen LogP contribution in [0.3, 0.4) is 0 Å². The van der Waals surface area contributed by atoms with E-state index in [2.05, 4.69) is 4.98 Å². The second-order valence-corrected chi connectivity index (χ2v) is 1.92. The summed E-state index contributed by atoms with van der Waals surface area (Å²) >= 11 is 0. The van der Waals surface area contributed by atoms with E-state index in [1.165, 1.54) is 6.04 Å². The number of aromatic nitrogens is 2. The zero-order valence-electron chi connectivity index (χ0n) is 5.13. The molecule has 0 aliphatic heterocycles. The maximum atomic E-state index is 3.89. The average molecular weight is 109 g/mol. The summed E-state index contributed by atoms with van der Waals surface area (Å²) in [5, 5.41) is 0. The van der Waals surface area contributed by atoms with Crippen molar-refractivity contribution in [3.8, 4) is 0 Å². The third-order valence-corrected chi connectivity index (χ3v) is 1.02. The van der Waals surface area contributed by atoms with Crippen molar-refractivity contribution in [2.45, 2.75) is 13.8 Å². The van der Waals surface area contributed by atoms with Gasteiger partial charge in [0, 0.05) is 12.4 Å². The normalized spacial score (nSPS) is 10.4. The molecule has 0 aromatic carbocycles. The highest BCUT2D eigenvalue weighted by Crippen LogP contribution is 1.98. The molecule has 0 saturated heterocycles.